The smallest absolute Gasteiger partial charge is 0.211 e. The van der Waals surface area contributed by atoms with Crippen molar-refractivity contribution in [1.82, 2.24) is 4.98 Å². The summed E-state index contributed by atoms with van der Waals surface area (Å²) in [6.07, 6.45) is 3.91. The van der Waals surface area contributed by atoms with Crippen LogP contribution in [0.4, 0.5) is 0 Å². The molecule has 2 rings (SSSR count). The van der Waals surface area contributed by atoms with Crippen LogP contribution in [0.3, 0.4) is 0 Å². The lowest BCUT2D eigenvalue weighted by Crippen LogP contribution is -2.07. The zero-order valence-corrected chi connectivity index (χ0v) is 11.7. The number of aromatic nitrogens is 1. The van der Waals surface area contributed by atoms with Crippen LogP contribution in [0.1, 0.15) is 46.1 Å². The standard InChI is InChI=1S/C17H19NO/c1-4-5-14-6-8-15(9-7-14)17(19)16-13(3)10-12(2)11-18-16/h6-11H,4-5H2,1-3H3. The summed E-state index contributed by atoms with van der Waals surface area (Å²) < 4.78 is 0. The zero-order valence-electron chi connectivity index (χ0n) is 11.7. The van der Waals surface area contributed by atoms with Gasteiger partial charge in [0.1, 0.15) is 5.69 Å². The number of ketones is 1. The summed E-state index contributed by atoms with van der Waals surface area (Å²) >= 11 is 0. The molecule has 0 aliphatic rings. The highest BCUT2D eigenvalue weighted by molar-refractivity contribution is 6.08. The number of benzene rings is 1. The van der Waals surface area contributed by atoms with Gasteiger partial charge in [0.25, 0.3) is 0 Å². The van der Waals surface area contributed by atoms with Crippen LogP contribution in [-0.4, -0.2) is 10.8 Å². The lowest BCUT2D eigenvalue weighted by atomic mass is 10.0. The van der Waals surface area contributed by atoms with Gasteiger partial charge in [-0.1, -0.05) is 43.7 Å². The van der Waals surface area contributed by atoms with E-state index in [2.05, 4.69) is 11.9 Å². The molecule has 1 aromatic heterocycles. The molecular weight excluding hydrogens is 234 g/mol. The van der Waals surface area contributed by atoms with Gasteiger partial charge in [-0.2, -0.15) is 0 Å². The number of hydrogen-bond acceptors (Lipinski definition) is 2. The van der Waals surface area contributed by atoms with Crippen molar-refractivity contribution >= 4 is 5.78 Å². The Balaban J connectivity index is 2.28. The number of carbonyl (C=O) groups excluding carboxylic acids is 1. The molecule has 1 heterocycles. The molecule has 19 heavy (non-hydrogen) atoms. The fourth-order valence-corrected chi connectivity index (χ4v) is 2.20. The maximum absolute atomic E-state index is 12.4. The van der Waals surface area contributed by atoms with E-state index in [4.69, 9.17) is 0 Å². The minimum Gasteiger partial charge on any atom is -0.287 e. The van der Waals surface area contributed by atoms with Crippen molar-refractivity contribution in [2.45, 2.75) is 33.6 Å². The van der Waals surface area contributed by atoms with Gasteiger partial charge >= 0.3 is 0 Å². The Morgan fingerprint density at radius 2 is 1.84 bits per heavy atom. The van der Waals surface area contributed by atoms with E-state index in [9.17, 15) is 4.79 Å². The number of nitrogens with zero attached hydrogens (tertiary/aromatic N) is 1. The van der Waals surface area contributed by atoms with Crippen LogP contribution in [0.5, 0.6) is 0 Å². The van der Waals surface area contributed by atoms with Crippen LogP contribution < -0.4 is 0 Å². The summed E-state index contributed by atoms with van der Waals surface area (Å²) in [5.41, 5.74) is 4.54. The molecular formula is C17H19NO. The Bertz CT molecular complexity index is 585. The summed E-state index contributed by atoms with van der Waals surface area (Å²) in [7, 11) is 0. The van der Waals surface area contributed by atoms with E-state index < -0.39 is 0 Å². The fourth-order valence-electron chi connectivity index (χ4n) is 2.20. The van der Waals surface area contributed by atoms with Crippen molar-refractivity contribution in [2.24, 2.45) is 0 Å². The molecule has 2 aromatic rings. The predicted molar refractivity (Wildman–Crippen MR) is 77.6 cm³/mol. The van der Waals surface area contributed by atoms with Gasteiger partial charge in [-0.3, -0.25) is 9.78 Å². The Morgan fingerprint density at radius 3 is 2.42 bits per heavy atom. The first-order valence-electron chi connectivity index (χ1n) is 6.68. The van der Waals surface area contributed by atoms with Crippen LogP contribution in [-0.2, 0) is 6.42 Å². The lowest BCUT2D eigenvalue weighted by Gasteiger charge is -2.06. The quantitative estimate of drug-likeness (QED) is 0.774. The van der Waals surface area contributed by atoms with Crippen molar-refractivity contribution in [3.05, 3.63) is 64.5 Å². The minimum atomic E-state index is 0.000508. The molecule has 0 amide bonds. The molecule has 0 radical (unpaired) electrons. The number of hydrogen-bond donors (Lipinski definition) is 0. The maximum Gasteiger partial charge on any atom is 0.211 e. The van der Waals surface area contributed by atoms with Gasteiger partial charge in [-0.25, -0.2) is 0 Å². The molecule has 0 bridgehead atoms. The molecule has 0 spiro atoms. The summed E-state index contributed by atoms with van der Waals surface area (Å²) in [5, 5.41) is 0. The summed E-state index contributed by atoms with van der Waals surface area (Å²) in [4.78, 5) is 16.6. The van der Waals surface area contributed by atoms with Gasteiger partial charge in [0.15, 0.2) is 0 Å². The molecule has 0 atom stereocenters. The largest absolute Gasteiger partial charge is 0.287 e. The predicted octanol–water partition coefficient (Wildman–Crippen LogP) is 3.88. The number of aryl methyl sites for hydroxylation is 3. The van der Waals surface area contributed by atoms with Crippen molar-refractivity contribution in [3.63, 3.8) is 0 Å². The zero-order chi connectivity index (χ0) is 13.8. The molecule has 2 nitrogen and oxygen atoms in total. The fraction of sp³-hybridized carbons (Fsp3) is 0.294. The topological polar surface area (TPSA) is 30.0 Å². The second kappa shape index (κ2) is 5.79. The van der Waals surface area contributed by atoms with E-state index in [0.717, 1.165) is 24.0 Å². The molecule has 2 heteroatoms. The van der Waals surface area contributed by atoms with Crippen molar-refractivity contribution in [2.75, 3.05) is 0 Å². The van der Waals surface area contributed by atoms with Crippen LogP contribution in [0, 0.1) is 13.8 Å². The monoisotopic (exact) mass is 253 g/mol. The summed E-state index contributed by atoms with van der Waals surface area (Å²) in [5.74, 6) is 0.000508. The van der Waals surface area contributed by atoms with Gasteiger partial charge in [-0.15, -0.1) is 0 Å². The Labute approximate surface area is 114 Å². The van der Waals surface area contributed by atoms with Gasteiger partial charge < -0.3 is 0 Å². The van der Waals surface area contributed by atoms with Crippen LogP contribution >= 0.6 is 0 Å². The Morgan fingerprint density at radius 1 is 1.16 bits per heavy atom. The van der Waals surface area contributed by atoms with Crippen LogP contribution in [0.2, 0.25) is 0 Å². The van der Waals surface area contributed by atoms with E-state index in [-0.39, 0.29) is 5.78 Å². The van der Waals surface area contributed by atoms with Crippen molar-refractivity contribution < 1.29 is 4.79 Å². The molecule has 0 fully saturated rings. The van der Waals surface area contributed by atoms with E-state index in [1.54, 1.807) is 6.20 Å². The molecule has 0 aliphatic carbocycles. The third-order valence-corrected chi connectivity index (χ3v) is 3.18. The lowest BCUT2D eigenvalue weighted by molar-refractivity contribution is 0.103. The second-order valence-corrected chi connectivity index (χ2v) is 4.95. The average molecular weight is 253 g/mol. The van der Waals surface area contributed by atoms with Crippen LogP contribution in [0.25, 0.3) is 0 Å². The van der Waals surface area contributed by atoms with E-state index in [1.807, 2.05) is 44.2 Å². The normalized spacial score (nSPS) is 10.5. The third-order valence-electron chi connectivity index (χ3n) is 3.18. The number of pyridine rings is 1. The molecule has 0 aliphatic heterocycles. The molecule has 1 aromatic carbocycles. The average Bonchev–Trinajstić information content (AvgIpc) is 2.39. The molecule has 98 valence electrons. The minimum absolute atomic E-state index is 0.000508. The Hall–Kier alpha value is -1.96. The van der Waals surface area contributed by atoms with E-state index >= 15 is 0 Å². The van der Waals surface area contributed by atoms with E-state index in [0.29, 0.717) is 11.3 Å². The molecule has 0 N–H and O–H groups in total. The highest BCUT2D eigenvalue weighted by Gasteiger charge is 2.13. The molecule has 0 saturated carbocycles. The molecule has 0 unspecified atom stereocenters. The molecule has 0 saturated heterocycles. The second-order valence-electron chi connectivity index (χ2n) is 4.95. The first-order chi connectivity index (χ1) is 9.11. The Kier molecular flexibility index (Phi) is 4.10. The van der Waals surface area contributed by atoms with Crippen molar-refractivity contribution in [1.29, 1.82) is 0 Å². The first-order valence-corrected chi connectivity index (χ1v) is 6.68. The number of rotatable bonds is 4. The SMILES string of the molecule is CCCc1ccc(C(=O)c2ncc(C)cc2C)cc1. The van der Waals surface area contributed by atoms with E-state index in [1.165, 1.54) is 5.56 Å². The van der Waals surface area contributed by atoms with Crippen LogP contribution in [0.15, 0.2) is 36.5 Å². The highest BCUT2D eigenvalue weighted by Crippen LogP contribution is 2.14. The highest BCUT2D eigenvalue weighted by atomic mass is 16.1. The maximum atomic E-state index is 12.4. The van der Waals surface area contributed by atoms with Gasteiger partial charge in [0.2, 0.25) is 5.78 Å². The van der Waals surface area contributed by atoms with Gasteiger partial charge in [0, 0.05) is 11.8 Å². The summed E-state index contributed by atoms with van der Waals surface area (Å²) in [6, 6.07) is 9.84. The third kappa shape index (κ3) is 3.08. The van der Waals surface area contributed by atoms with Gasteiger partial charge in [0.05, 0.1) is 0 Å². The van der Waals surface area contributed by atoms with Crippen molar-refractivity contribution in [3.8, 4) is 0 Å². The van der Waals surface area contributed by atoms with Gasteiger partial charge in [-0.05, 0) is 37.0 Å². The first kappa shape index (κ1) is 13.5. The number of carbonyl (C=O) groups is 1. The summed E-state index contributed by atoms with van der Waals surface area (Å²) in [6.45, 7) is 6.06.